The Morgan fingerprint density at radius 1 is 1.08 bits per heavy atom. The molecule has 0 aliphatic carbocycles. The molecule has 1 aromatic heterocycles. The van der Waals surface area contributed by atoms with Gasteiger partial charge in [0.15, 0.2) is 5.78 Å². The number of benzene rings is 2. The van der Waals surface area contributed by atoms with E-state index in [1.807, 2.05) is 60.8 Å². The lowest BCUT2D eigenvalue weighted by Gasteiger charge is -2.01. The fraction of sp³-hybridized carbons (Fsp3) is 0.136. The highest BCUT2D eigenvalue weighted by atomic mass is 35.5. The lowest BCUT2D eigenvalue weighted by molar-refractivity contribution is 0.104. The first kappa shape index (κ1) is 17.2. The van der Waals surface area contributed by atoms with E-state index in [0.29, 0.717) is 5.02 Å². The van der Waals surface area contributed by atoms with Crippen LogP contribution < -0.4 is 0 Å². The van der Waals surface area contributed by atoms with Crippen LogP contribution in [-0.4, -0.2) is 10.4 Å². The first-order chi connectivity index (χ1) is 12.0. The van der Waals surface area contributed by atoms with Crippen molar-refractivity contribution in [3.63, 3.8) is 0 Å². The Labute approximate surface area is 153 Å². The van der Waals surface area contributed by atoms with Crippen molar-refractivity contribution in [3.05, 3.63) is 88.6 Å². The van der Waals surface area contributed by atoms with Gasteiger partial charge < -0.3 is 4.57 Å². The molecule has 2 aromatic carbocycles. The zero-order chi connectivity index (χ0) is 17.8. The van der Waals surface area contributed by atoms with Crippen LogP contribution in [0.4, 0.5) is 0 Å². The number of para-hydroxylation sites is 1. The van der Waals surface area contributed by atoms with Crippen LogP contribution in [0.25, 0.3) is 17.0 Å². The molecular formula is C22H20ClNO. The Morgan fingerprint density at radius 3 is 2.52 bits per heavy atom. The highest BCUT2D eigenvalue weighted by molar-refractivity contribution is 6.30. The SMILES string of the molecule is CC(C)=CCn1cc(C(=O)/C=C/c2ccc(Cl)cc2)c2ccccc21. The molecule has 0 atom stereocenters. The Balaban J connectivity index is 1.93. The van der Waals surface area contributed by atoms with E-state index in [-0.39, 0.29) is 5.78 Å². The Kier molecular flexibility index (Phi) is 5.20. The number of carbonyl (C=O) groups excluding carboxylic acids is 1. The Morgan fingerprint density at radius 2 is 1.80 bits per heavy atom. The fourth-order valence-corrected chi connectivity index (χ4v) is 2.84. The number of rotatable bonds is 5. The zero-order valence-electron chi connectivity index (χ0n) is 14.4. The minimum atomic E-state index is 0.00194. The van der Waals surface area contributed by atoms with Crippen molar-refractivity contribution in [1.82, 2.24) is 4.57 Å². The summed E-state index contributed by atoms with van der Waals surface area (Å²) in [5, 5.41) is 1.67. The first-order valence-corrected chi connectivity index (χ1v) is 8.61. The van der Waals surface area contributed by atoms with Gasteiger partial charge in [-0.2, -0.15) is 0 Å². The third-order valence-corrected chi connectivity index (χ3v) is 4.30. The average molecular weight is 350 g/mol. The van der Waals surface area contributed by atoms with Gasteiger partial charge in [0.2, 0.25) is 0 Å². The molecule has 0 amide bonds. The van der Waals surface area contributed by atoms with E-state index in [4.69, 9.17) is 11.6 Å². The van der Waals surface area contributed by atoms with Gasteiger partial charge in [0.25, 0.3) is 0 Å². The van der Waals surface area contributed by atoms with Gasteiger partial charge >= 0.3 is 0 Å². The van der Waals surface area contributed by atoms with Crippen LogP contribution in [0, 0.1) is 0 Å². The van der Waals surface area contributed by atoms with Gasteiger partial charge in [-0.1, -0.05) is 59.7 Å². The second-order valence-electron chi connectivity index (χ2n) is 6.24. The average Bonchev–Trinajstić information content (AvgIpc) is 2.98. The number of halogens is 1. The summed E-state index contributed by atoms with van der Waals surface area (Å²) in [7, 11) is 0. The van der Waals surface area contributed by atoms with Gasteiger partial charge in [-0.3, -0.25) is 4.79 Å². The van der Waals surface area contributed by atoms with Crippen molar-refractivity contribution in [1.29, 1.82) is 0 Å². The molecule has 0 bridgehead atoms. The van der Waals surface area contributed by atoms with Crippen LogP contribution in [-0.2, 0) is 6.54 Å². The second kappa shape index (κ2) is 7.54. The van der Waals surface area contributed by atoms with E-state index in [2.05, 4.69) is 24.5 Å². The summed E-state index contributed by atoms with van der Waals surface area (Å²) in [6.45, 7) is 4.91. The first-order valence-electron chi connectivity index (χ1n) is 8.24. The summed E-state index contributed by atoms with van der Waals surface area (Å²) >= 11 is 5.89. The quantitative estimate of drug-likeness (QED) is 0.307. The van der Waals surface area contributed by atoms with Crippen molar-refractivity contribution in [2.45, 2.75) is 20.4 Å². The van der Waals surface area contributed by atoms with E-state index >= 15 is 0 Å². The number of aromatic nitrogens is 1. The zero-order valence-corrected chi connectivity index (χ0v) is 15.1. The molecule has 0 spiro atoms. The maximum absolute atomic E-state index is 12.7. The number of hydrogen-bond donors (Lipinski definition) is 0. The predicted molar refractivity (Wildman–Crippen MR) is 106 cm³/mol. The van der Waals surface area contributed by atoms with Gasteiger partial charge in [-0.15, -0.1) is 0 Å². The topological polar surface area (TPSA) is 22.0 Å². The van der Waals surface area contributed by atoms with Crippen LogP contribution in [0.2, 0.25) is 5.02 Å². The number of hydrogen-bond acceptors (Lipinski definition) is 1. The van der Waals surface area contributed by atoms with E-state index in [0.717, 1.165) is 28.6 Å². The maximum atomic E-state index is 12.7. The van der Waals surface area contributed by atoms with E-state index in [1.54, 1.807) is 6.08 Å². The minimum Gasteiger partial charge on any atom is -0.343 e. The normalized spacial score (nSPS) is 11.2. The molecule has 0 saturated carbocycles. The molecule has 0 fully saturated rings. The molecule has 0 N–H and O–H groups in total. The standard InChI is InChI=1S/C22H20ClNO/c1-16(2)13-14-24-15-20(19-5-3-4-6-21(19)24)22(25)12-9-17-7-10-18(23)11-8-17/h3-13,15H,14H2,1-2H3/b12-9+. The smallest absolute Gasteiger partial charge is 0.188 e. The molecule has 0 saturated heterocycles. The van der Waals surface area contributed by atoms with Crippen molar-refractivity contribution in [2.24, 2.45) is 0 Å². The van der Waals surface area contributed by atoms with Crippen LogP contribution in [0.1, 0.15) is 29.8 Å². The summed E-state index contributed by atoms with van der Waals surface area (Å²) in [6, 6.07) is 15.4. The molecule has 25 heavy (non-hydrogen) atoms. The van der Waals surface area contributed by atoms with Crippen molar-refractivity contribution in [3.8, 4) is 0 Å². The van der Waals surface area contributed by atoms with Gasteiger partial charge in [0, 0.05) is 34.2 Å². The number of fused-ring (bicyclic) bond motifs is 1. The van der Waals surface area contributed by atoms with Gasteiger partial charge in [0.1, 0.15) is 0 Å². The van der Waals surface area contributed by atoms with Crippen LogP contribution >= 0.6 is 11.6 Å². The molecule has 1 heterocycles. The van der Waals surface area contributed by atoms with Crippen molar-refractivity contribution >= 4 is 34.4 Å². The molecular weight excluding hydrogens is 330 g/mol. The molecule has 3 aromatic rings. The summed E-state index contributed by atoms with van der Waals surface area (Å²) in [5.41, 5.74) is 4.01. The van der Waals surface area contributed by atoms with E-state index in [9.17, 15) is 4.79 Å². The van der Waals surface area contributed by atoms with Gasteiger partial charge in [-0.25, -0.2) is 0 Å². The minimum absolute atomic E-state index is 0.00194. The number of nitrogens with zero attached hydrogens (tertiary/aromatic N) is 1. The van der Waals surface area contributed by atoms with E-state index in [1.165, 1.54) is 5.57 Å². The predicted octanol–water partition coefficient (Wildman–Crippen LogP) is 6.16. The molecule has 0 unspecified atom stereocenters. The highest BCUT2D eigenvalue weighted by Crippen LogP contribution is 2.23. The van der Waals surface area contributed by atoms with Crippen LogP contribution in [0.15, 0.2) is 72.5 Å². The Bertz CT molecular complexity index is 957. The highest BCUT2D eigenvalue weighted by Gasteiger charge is 2.12. The largest absolute Gasteiger partial charge is 0.343 e. The molecule has 3 heteroatoms. The van der Waals surface area contributed by atoms with E-state index < -0.39 is 0 Å². The number of allylic oxidation sites excluding steroid dienone is 3. The Hall–Kier alpha value is -2.58. The second-order valence-corrected chi connectivity index (χ2v) is 6.68. The molecule has 2 nitrogen and oxygen atoms in total. The third kappa shape index (κ3) is 4.09. The lowest BCUT2D eigenvalue weighted by atomic mass is 10.1. The fourth-order valence-electron chi connectivity index (χ4n) is 2.71. The monoisotopic (exact) mass is 349 g/mol. The molecule has 0 radical (unpaired) electrons. The summed E-state index contributed by atoms with van der Waals surface area (Å²) in [4.78, 5) is 12.7. The van der Waals surface area contributed by atoms with Crippen LogP contribution in [0.3, 0.4) is 0 Å². The summed E-state index contributed by atoms with van der Waals surface area (Å²) in [5.74, 6) is 0.00194. The maximum Gasteiger partial charge on any atom is 0.188 e. The van der Waals surface area contributed by atoms with Crippen molar-refractivity contribution in [2.75, 3.05) is 0 Å². The number of ketones is 1. The summed E-state index contributed by atoms with van der Waals surface area (Å²) in [6.07, 6.45) is 7.54. The van der Waals surface area contributed by atoms with Gasteiger partial charge in [-0.05, 0) is 43.7 Å². The molecule has 0 aliphatic rings. The lowest BCUT2D eigenvalue weighted by Crippen LogP contribution is -1.95. The summed E-state index contributed by atoms with van der Waals surface area (Å²) < 4.78 is 2.12. The van der Waals surface area contributed by atoms with Crippen molar-refractivity contribution < 1.29 is 4.79 Å². The van der Waals surface area contributed by atoms with Crippen LogP contribution in [0.5, 0.6) is 0 Å². The van der Waals surface area contributed by atoms with Gasteiger partial charge in [0.05, 0.1) is 0 Å². The molecule has 0 aliphatic heterocycles. The third-order valence-electron chi connectivity index (χ3n) is 4.05. The molecule has 3 rings (SSSR count). The number of carbonyl (C=O) groups is 1. The molecule has 126 valence electrons.